The van der Waals surface area contributed by atoms with E-state index < -0.39 is 5.92 Å². The lowest BCUT2D eigenvalue weighted by Crippen LogP contribution is -2.10. The molecule has 1 aromatic carbocycles. The second-order valence-electron chi connectivity index (χ2n) is 3.27. The molecule has 0 spiro atoms. The third-order valence-electron chi connectivity index (χ3n) is 2.01. The summed E-state index contributed by atoms with van der Waals surface area (Å²) in [6.07, 6.45) is 1.16. The molecule has 0 aliphatic heterocycles. The van der Waals surface area contributed by atoms with Crippen LogP contribution < -0.4 is 0 Å². The summed E-state index contributed by atoms with van der Waals surface area (Å²) in [6.45, 7) is 0.829. The second kappa shape index (κ2) is 3.48. The fourth-order valence-electron chi connectivity index (χ4n) is 1.38. The zero-order valence-electron chi connectivity index (χ0n) is 7.84. The molecular weight excluding hydrogens is 266 g/mol. The predicted molar refractivity (Wildman–Crippen MR) is 56.8 cm³/mol. The molecule has 0 fully saturated rings. The van der Waals surface area contributed by atoms with E-state index in [0.29, 0.717) is 10.9 Å². The van der Waals surface area contributed by atoms with Gasteiger partial charge in [-0.2, -0.15) is 8.78 Å². The lowest BCUT2D eigenvalue weighted by molar-refractivity contribution is 0.0144. The molecule has 15 heavy (non-hydrogen) atoms. The first-order valence-electron chi connectivity index (χ1n) is 4.27. The first-order chi connectivity index (χ1) is 6.98. The van der Waals surface area contributed by atoms with Crippen LogP contribution in [-0.2, 0) is 5.92 Å². The van der Waals surface area contributed by atoms with Gasteiger partial charge in [0.1, 0.15) is 12.0 Å². The van der Waals surface area contributed by atoms with Crippen LogP contribution in [0.2, 0.25) is 0 Å². The standard InChI is InChI=1S/C10H7BrF2N2/c1-10(12,13)9-7-4-6(11)2-3-8(7)14-5-15-9/h2-5H,1H3. The highest BCUT2D eigenvalue weighted by Crippen LogP contribution is 2.31. The maximum absolute atomic E-state index is 13.2. The van der Waals surface area contributed by atoms with E-state index >= 15 is 0 Å². The summed E-state index contributed by atoms with van der Waals surface area (Å²) in [6, 6.07) is 5.03. The van der Waals surface area contributed by atoms with E-state index in [2.05, 4.69) is 25.9 Å². The molecule has 2 nitrogen and oxygen atoms in total. The van der Waals surface area contributed by atoms with Crippen molar-refractivity contribution in [2.24, 2.45) is 0 Å². The van der Waals surface area contributed by atoms with Crippen molar-refractivity contribution < 1.29 is 8.78 Å². The van der Waals surface area contributed by atoms with Crippen LogP contribution >= 0.6 is 15.9 Å². The molecule has 78 valence electrons. The molecule has 5 heteroatoms. The Bertz CT molecular complexity index is 508. The van der Waals surface area contributed by atoms with Crippen LogP contribution in [-0.4, -0.2) is 9.97 Å². The zero-order valence-corrected chi connectivity index (χ0v) is 9.42. The summed E-state index contributed by atoms with van der Waals surface area (Å²) in [7, 11) is 0. The third-order valence-corrected chi connectivity index (χ3v) is 2.51. The maximum atomic E-state index is 13.2. The third kappa shape index (κ3) is 1.97. The Balaban J connectivity index is 2.80. The highest BCUT2D eigenvalue weighted by molar-refractivity contribution is 9.10. The molecular formula is C10H7BrF2N2. The molecule has 0 amide bonds. The minimum Gasteiger partial charge on any atom is -0.236 e. The second-order valence-corrected chi connectivity index (χ2v) is 4.19. The van der Waals surface area contributed by atoms with Gasteiger partial charge >= 0.3 is 0 Å². The van der Waals surface area contributed by atoms with Crippen molar-refractivity contribution in [1.29, 1.82) is 0 Å². The van der Waals surface area contributed by atoms with E-state index in [1.165, 1.54) is 0 Å². The van der Waals surface area contributed by atoms with Gasteiger partial charge in [-0.15, -0.1) is 0 Å². The highest BCUT2D eigenvalue weighted by Gasteiger charge is 2.28. The number of alkyl halides is 2. The van der Waals surface area contributed by atoms with Crippen molar-refractivity contribution in [2.75, 3.05) is 0 Å². The highest BCUT2D eigenvalue weighted by atomic mass is 79.9. The lowest BCUT2D eigenvalue weighted by Gasteiger charge is -2.11. The Morgan fingerprint density at radius 2 is 2.00 bits per heavy atom. The molecule has 0 aliphatic carbocycles. The number of halogens is 3. The van der Waals surface area contributed by atoms with Crippen LogP contribution in [0.1, 0.15) is 12.6 Å². The molecule has 0 bridgehead atoms. The largest absolute Gasteiger partial charge is 0.287 e. The quantitative estimate of drug-likeness (QED) is 0.794. The van der Waals surface area contributed by atoms with Crippen molar-refractivity contribution in [3.8, 4) is 0 Å². The van der Waals surface area contributed by atoms with Gasteiger partial charge in [-0.3, -0.25) is 0 Å². The molecule has 2 rings (SSSR count). The lowest BCUT2D eigenvalue weighted by atomic mass is 10.1. The fraction of sp³-hybridized carbons (Fsp3) is 0.200. The maximum Gasteiger partial charge on any atom is 0.287 e. The van der Waals surface area contributed by atoms with E-state index in [0.717, 1.165) is 17.7 Å². The SMILES string of the molecule is CC(F)(F)c1ncnc2ccc(Br)cc12. The number of nitrogens with zero attached hydrogens (tertiary/aromatic N) is 2. The van der Waals surface area contributed by atoms with Gasteiger partial charge in [-0.25, -0.2) is 9.97 Å². The van der Waals surface area contributed by atoms with Gasteiger partial charge in [0, 0.05) is 16.8 Å². The Kier molecular flexibility index (Phi) is 2.42. The van der Waals surface area contributed by atoms with Gasteiger partial charge in [0.25, 0.3) is 5.92 Å². The minimum atomic E-state index is -2.96. The molecule has 2 aromatic rings. The van der Waals surface area contributed by atoms with E-state index in [1.807, 2.05) is 0 Å². The van der Waals surface area contributed by atoms with Crippen molar-refractivity contribution in [1.82, 2.24) is 9.97 Å². The predicted octanol–water partition coefficient (Wildman–Crippen LogP) is 3.50. The average molecular weight is 273 g/mol. The zero-order chi connectivity index (χ0) is 11.1. The molecule has 0 N–H and O–H groups in total. The summed E-state index contributed by atoms with van der Waals surface area (Å²) in [4.78, 5) is 7.57. The van der Waals surface area contributed by atoms with Crippen LogP contribution in [0.3, 0.4) is 0 Å². The van der Waals surface area contributed by atoms with Gasteiger partial charge in [-0.1, -0.05) is 15.9 Å². The molecule has 0 atom stereocenters. The van der Waals surface area contributed by atoms with E-state index in [-0.39, 0.29) is 5.69 Å². The summed E-state index contributed by atoms with van der Waals surface area (Å²) in [5.41, 5.74) is 0.276. The van der Waals surface area contributed by atoms with Crippen LogP contribution in [0, 0.1) is 0 Å². The number of fused-ring (bicyclic) bond motifs is 1. The monoisotopic (exact) mass is 272 g/mol. The summed E-state index contributed by atoms with van der Waals surface area (Å²) in [5.74, 6) is -2.96. The normalized spacial score (nSPS) is 12.0. The molecule has 0 unspecified atom stereocenters. The topological polar surface area (TPSA) is 25.8 Å². The van der Waals surface area contributed by atoms with Crippen LogP contribution in [0.15, 0.2) is 29.0 Å². The van der Waals surface area contributed by atoms with Gasteiger partial charge in [0.15, 0.2) is 0 Å². The van der Waals surface area contributed by atoms with Gasteiger partial charge in [0.2, 0.25) is 0 Å². The van der Waals surface area contributed by atoms with E-state index in [4.69, 9.17) is 0 Å². The van der Waals surface area contributed by atoms with Crippen LogP contribution in [0.25, 0.3) is 10.9 Å². The van der Waals surface area contributed by atoms with Gasteiger partial charge in [0.05, 0.1) is 5.52 Å². The summed E-state index contributed by atoms with van der Waals surface area (Å²) < 4.78 is 27.2. The Labute approximate surface area is 93.5 Å². The fourth-order valence-corrected chi connectivity index (χ4v) is 1.74. The molecule has 1 aromatic heterocycles. The molecule has 0 saturated heterocycles. The number of aromatic nitrogens is 2. The minimum absolute atomic E-state index is 0.242. The van der Waals surface area contributed by atoms with Crippen molar-refractivity contribution in [3.05, 3.63) is 34.7 Å². The van der Waals surface area contributed by atoms with Crippen LogP contribution in [0.4, 0.5) is 8.78 Å². The van der Waals surface area contributed by atoms with Crippen molar-refractivity contribution in [2.45, 2.75) is 12.8 Å². The first kappa shape index (κ1) is 10.4. The van der Waals surface area contributed by atoms with Gasteiger partial charge < -0.3 is 0 Å². The summed E-state index contributed by atoms with van der Waals surface area (Å²) >= 11 is 3.23. The van der Waals surface area contributed by atoms with Crippen molar-refractivity contribution >= 4 is 26.8 Å². The van der Waals surface area contributed by atoms with E-state index in [9.17, 15) is 8.78 Å². The number of hydrogen-bond acceptors (Lipinski definition) is 2. The number of rotatable bonds is 1. The number of benzene rings is 1. The molecule has 0 aliphatic rings. The first-order valence-corrected chi connectivity index (χ1v) is 5.06. The Morgan fingerprint density at radius 1 is 1.27 bits per heavy atom. The Morgan fingerprint density at radius 3 is 2.67 bits per heavy atom. The van der Waals surface area contributed by atoms with Gasteiger partial charge in [-0.05, 0) is 18.2 Å². The summed E-state index contributed by atoms with van der Waals surface area (Å²) in [5, 5.41) is 0.374. The average Bonchev–Trinajstić information content (AvgIpc) is 2.15. The number of hydrogen-bond donors (Lipinski definition) is 0. The Hall–Kier alpha value is -1.10. The van der Waals surface area contributed by atoms with Crippen molar-refractivity contribution in [3.63, 3.8) is 0 Å². The molecule has 1 heterocycles. The van der Waals surface area contributed by atoms with E-state index in [1.54, 1.807) is 18.2 Å². The molecule has 0 saturated carbocycles. The molecule has 0 radical (unpaired) electrons. The van der Waals surface area contributed by atoms with Crippen LogP contribution in [0.5, 0.6) is 0 Å². The smallest absolute Gasteiger partial charge is 0.236 e.